The molecule has 0 radical (unpaired) electrons. The Hall–Kier alpha value is -1.62. The highest BCUT2D eigenvalue weighted by Crippen LogP contribution is 2.42. The van der Waals surface area contributed by atoms with Crippen molar-refractivity contribution in [2.45, 2.75) is 26.3 Å². The fourth-order valence-corrected chi connectivity index (χ4v) is 3.69. The molecule has 3 rings (SSSR count). The van der Waals surface area contributed by atoms with Crippen LogP contribution in [-0.4, -0.2) is 24.9 Å². The van der Waals surface area contributed by atoms with E-state index < -0.39 is 0 Å². The van der Waals surface area contributed by atoms with Crippen molar-refractivity contribution >= 4 is 23.2 Å². The number of phenols is 1. The Morgan fingerprint density at radius 3 is 2.40 bits per heavy atom. The van der Waals surface area contributed by atoms with Gasteiger partial charge < -0.3 is 19.9 Å². The summed E-state index contributed by atoms with van der Waals surface area (Å²) in [5.74, 6) is 1.49. The van der Waals surface area contributed by atoms with E-state index in [9.17, 15) is 5.11 Å². The molecule has 0 aliphatic carbocycles. The highest BCUT2D eigenvalue weighted by molar-refractivity contribution is 6.35. The van der Waals surface area contributed by atoms with Crippen molar-refractivity contribution in [2.24, 2.45) is 0 Å². The molecule has 2 aromatic carbocycles. The quantitative estimate of drug-likeness (QED) is 0.785. The molecule has 1 unspecified atom stereocenters. The van der Waals surface area contributed by atoms with Crippen molar-refractivity contribution in [1.82, 2.24) is 5.32 Å². The number of aromatic hydroxyl groups is 1. The maximum Gasteiger partial charge on any atom is 0.161 e. The van der Waals surface area contributed by atoms with Crippen molar-refractivity contribution in [1.29, 1.82) is 0 Å². The van der Waals surface area contributed by atoms with Gasteiger partial charge in [0.1, 0.15) is 5.75 Å². The summed E-state index contributed by atoms with van der Waals surface area (Å²) in [7, 11) is 0. The molecule has 0 spiro atoms. The number of fused-ring (bicyclic) bond motifs is 1. The van der Waals surface area contributed by atoms with Crippen LogP contribution in [0.15, 0.2) is 24.3 Å². The second-order valence-electron chi connectivity index (χ2n) is 5.83. The van der Waals surface area contributed by atoms with Gasteiger partial charge >= 0.3 is 0 Å². The lowest BCUT2D eigenvalue weighted by Gasteiger charge is -2.29. The molecule has 1 heterocycles. The van der Waals surface area contributed by atoms with Crippen LogP contribution in [0.25, 0.3) is 0 Å². The number of ether oxygens (including phenoxy) is 2. The van der Waals surface area contributed by atoms with Gasteiger partial charge in [-0.2, -0.15) is 0 Å². The first-order chi connectivity index (χ1) is 12.0. The van der Waals surface area contributed by atoms with Crippen molar-refractivity contribution in [2.75, 3.05) is 19.8 Å². The van der Waals surface area contributed by atoms with Crippen LogP contribution >= 0.6 is 23.2 Å². The Kier molecular flexibility index (Phi) is 5.62. The third-order valence-corrected chi connectivity index (χ3v) is 4.73. The molecular weight excluding hydrogens is 361 g/mol. The fraction of sp³-hybridized carbons (Fsp3) is 0.368. The molecule has 0 amide bonds. The zero-order chi connectivity index (χ0) is 18.0. The molecule has 0 bridgehead atoms. The molecule has 25 heavy (non-hydrogen) atoms. The highest BCUT2D eigenvalue weighted by atomic mass is 35.5. The summed E-state index contributed by atoms with van der Waals surface area (Å²) in [6, 6.07) is 7.08. The molecule has 6 heteroatoms. The number of hydrogen-bond acceptors (Lipinski definition) is 4. The average molecular weight is 382 g/mol. The van der Waals surface area contributed by atoms with Gasteiger partial charge in [-0.05, 0) is 55.7 Å². The molecule has 2 aromatic rings. The zero-order valence-electron chi connectivity index (χ0n) is 14.2. The van der Waals surface area contributed by atoms with E-state index in [-0.39, 0.29) is 16.8 Å². The van der Waals surface area contributed by atoms with Crippen molar-refractivity contribution in [3.05, 3.63) is 51.0 Å². The summed E-state index contributed by atoms with van der Waals surface area (Å²) in [5, 5.41) is 14.6. The SMILES string of the molecule is CCOc1cc2c(cc1OCC)C(c1cc(Cl)cc(Cl)c1O)NCC2. The van der Waals surface area contributed by atoms with Gasteiger partial charge in [0.05, 0.1) is 24.3 Å². The number of rotatable bonds is 5. The summed E-state index contributed by atoms with van der Waals surface area (Å²) in [6.45, 7) is 5.79. The highest BCUT2D eigenvalue weighted by Gasteiger charge is 2.27. The largest absolute Gasteiger partial charge is 0.506 e. The second-order valence-corrected chi connectivity index (χ2v) is 6.67. The Labute approximate surface area is 157 Å². The van der Waals surface area contributed by atoms with Crippen LogP contribution in [0.3, 0.4) is 0 Å². The van der Waals surface area contributed by atoms with Gasteiger partial charge in [0.15, 0.2) is 11.5 Å². The summed E-state index contributed by atoms with van der Waals surface area (Å²) in [6.07, 6.45) is 0.868. The van der Waals surface area contributed by atoms with E-state index in [1.165, 1.54) is 6.07 Å². The third kappa shape index (κ3) is 3.66. The van der Waals surface area contributed by atoms with E-state index in [4.69, 9.17) is 32.7 Å². The number of benzene rings is 2. The Bertz CT molecular complexity index is 780. The van der Waals surface area contributed by atoms with Crippen LogP contribution in [0.4, 0.5) is 0 Å². The van der Waals surface area contributed by atoms with Crippen LogP contribution in [0, 0.1) is 0 Å². The van der Waals surface area contributed by atoms with Crippen LogP contribution < -0.4 is 14.8 Å². The van der Waals surface area contributed by atoms with E-state index in [0.717, 1.165) is 29.8 Å². The number of phenolic OH excluding ortho intramolecular Hbond substituents is 1. The topological polar surface area (TPSA) is 50.7 Å². The van der Waals surface area contributed by atoms with Gasteiger partial charge in [0.2, 0.25) is 0 Å². The van der Waals surface area contributed by atoms with E-state index in [1.807, 2.05) is 26.0 Å². The molecule has 134 valence electrons. The molecule has 0 aromatic heterocycles. The minimum absolute atomic E-state index is 0.0447. The first kappa shape index (κ1) is 18.2. The predicted molar refractivity (Wildman–Crippen MR) is 100 cm³/mol. The van der Waals surface area contributed by atoms with Crippen LogP contribution in [0.2, 0.25) is 10.0 Å². The van der Waals surface area contributed by atoms with E-state index in [2.05, 4.69) is 5.32 Å². The van der Waals surface area contributed by atoms with E-state index in [1.54, 1.807) is 6.07 Å². The van der Waals surface area contributed by atoms with Gasteiger partial charge in [-0.25, -0.2) is 0 Å². The van der Waals surface area contributed by atoms with Crippen LogP contribution in [0.5, 0.6) is 17.2 Å². The Morgan fingerprint density at radius 1 is 1.04 bits per heavy atom. The lowest BCUT2D eigenvalue weighted by molar-refractivity contribution is 0.286. The number of nitrogens with one attached hydrogen (secondary N) is 1. The first-order valence-electron chi connectivity index (χ1n) is 8.38. The second kappa shape index (κ2) is 7.73. The minimum atomic E-state index is -0.213. The molecular formula is C19H21Cl2NO3. The predicted octanol–water partition coefficient (Wildman–Crippen LogP) is 4.73. The maximum atomic E-state index is 10.4. The summed E-state index contributed by atoms with van der Waals surface area (Å²) < 4.78 is 11.5. The third-order valence-electron chi connectivity index (χ3n) is 4.23. The summed E-state index contributed by atoms with van der Waals surface area (Å²) in [4.78, 5) is 0. The van der Waals surface area contributed by atoms with E-state index in [0.29, 0.717) is 29.5 Å². The average Bonchev–Trinajstić information content (AvgIpc) is 2.58. The van der Waals surface area contributed by atoms with Gasteiger partial charge in [-0.1, -0.05) is 23.2 Å². The maximum absolute atomic E-state index is 10.4. The van der Waals surface area contributed by atoms with Crippen molar-refractivity contribution in [3.63, 3.8) is 0 Å². The van der Waals surface area contributed by atoms with E-state index >= 15 is 0 Å². The van der Waals surface area contributed by atoms with Gasteiger partial charge in [-0.15, -0.1) is 0 Å². The van der Waals surface area contributed by atoms with Gasteiger partial charge in [-0.3, -0.25) is 0 Å². The normalized spacial score (nSPS) is 16.4. The molecule has 1 aliphatic heterocycles. The molecule has 0 saturated heterocycles. The standard InChI is InChI=1S/C19H21Cl2NO3/c1-3-24-16-7-11-5-6-22-18(13(11)10-17(16)25-4-2)14-8-12(20)9-15(21)19(14)23/h7-10,18,22-23H,3-6H2,1-2H3. The Balaban J connectivity index is 2.11. The number of hydrogen-bond donors (Lipinski definition) is 2. The van der Waals surface area contributed by atoms with Crippen molar-refractivity contribution in [3.8, 4) is 17.2 Å². The molecule has 0 saturated carbocycles. The number of halogens is 2. The molecule has 0 fully saturated rings. The van der Waals surface area contributed by atoms with Gasteiger partial charge in [0.25, 0.3) is 0 Å². The lowest BCUT2D eigenvalue weighted by atomic mass is 9.89. The fourth-order valence-electron chi connectivity index (χ4n) is 3.18. The summed E-state index contributed by atoms with van der Waals surface area (Å²) in [5.41, 5.74) is 2.85. The minimum Gasteiger partial charge on any atom is -0.506 e. The summed E-state index contributed by atoms with van der Waals surface area (Å²) >= 11 is 12.3. The van der Waals surface area contributed by atoms with Gasteiger partial charge in [0, 0.05) is 17.1 Å². The molecule has 4 nitrogen and oxygen atoms in total. The molecule has 1 atom stereocenters. The molecule has 1 aliphatic rings. The van der Waals surface area contributed by atoms with Crippen molar-refractivity contribution < 1.29 is 14.6 Å². The first-order valence-corrected chi connectivity index (χ1v) is 9.14. The lowest BCUT2D eigenvalue weighted by Crippen LogP contribution is -2.30. The molecule has 2 N–H and O–H groups in total. The van der Waals surface area contributed by atoms with Crippen LogP contribution in [0.1, 0.15) is 36.6 Å². The van der Waals surface area contributed by atoms with Crippen LogP contribution in [-0.2, 0) is 6.42 Å². The monoisotopic (exact) mass is 381 g/mol. The Morgan fingerprint density at radius 2 is 1.72 bits per heavy atom. The zero-order valence-corrected chi connectivity index (χ0v) is 15.7. The smallest absolute Gasteiger partial charge is 0.161 e.